The molecule has 1 atom stereocenters. The van der Waals surface area contributed by atoms with Crippen molar-refractivity contribution in [1.29, 1.82) is 0 Å². The highest BCUT2D eigenvalue weighted by Gasteiger charge is 2.27. The van der Waals surface area contributed by atoms with E-state index in [9.17, 15) is 0 Å². The topological polar surface area (TPSA) is 29.3 Å². The Bertz CT molecular complexity index is 181. The molecule has 0 amide bonds. The molecule has 0 fully saturated rings. The molecule has 2 N–H and O–H groups in total. The largest absolute Gasteiger partial charge is 0.330 e. The quantitative estimate of drug-likeness (QED) is 0.670. The number of nitrogens with two attached hydrogens (primary N) is 1. The third kappa shape index (κ3) is 5.87. The van der Waals surface area contributed by atoms with Gasteiger partial charge in [-0.3, -0.25) is 4.90 Å². The molecule has 0 aromatic heterocycles. The first-order valence-corrected chi connectivity index (χ1v) is 7.36. The normalized spacial score (nSPS) is 15.9. The van der Waals surface area contributed by atoms with Crippen LogP contribution in [0.5, 0.6) is 0 Å². The molecule has 2 heteroatoms. The number of hydrogen-bond donors (Lipinski definition) is 1. The van der Waals surface area contributed by atoms with Crippen LogP contribution in [0.25, 0.3) is 0 Å². The Morgan fingerprint density at radius 2 is 1.65 bits per heavy atom. The number of rotatable bonds is 9. The summed E-state index contributed by atoms with van der Waals surface area (Å²) in [6, 6.07) is 0.717. The molecule has 0 bridgehead atoms. The first-order valence-electron chi connectivity index (χ1n) is 7.36. The third-order valence-electron chi connectivity index (χ3n) is 3.99. The van der Waals surface area contributed by atoms with Crippen molar-refractivity contribution in [1.82, 2.24) is 4.90 Å². The van der Waals surface area contributed by atoms with Gasteiger partial charge in [-0.2, -0.15) is 0 Å². The highest BCUT2D eigenvalue weighted by molar-refractivity contribution is 4.81. The van der Waals surface area contributed by atoms with Gasteiger partial charge in [-0.15, -0.1) is 0 Å². The van der Waals surface area contributed by atoms with E-state index >= 15 is 0 Å². The van der Waals surface area contributed by atoms with Crippen molar-refractivity contribution in [3.63, 3.8) is 0 Å². The van der Waals surface area contributed by atoms with Crippen molar-refractivity contribution in [2.75, 3.05) is 19.6 Å². The summed E-state index contributed by atoms with van der Waals surface area (Å²) < 4.78 is 0. The number of nitrogens with zero attached hydrogens (tertiary/aromatic N) is 1. The van der Waals surface area contributed by atoms with E-state index in [0.29, 0.717) is 0 Å². The Morgan fingerprint density at radius 3 is 1.94 bits per heavy atom. The molecule has 2 nitrogen and oxygen atoms in total. The van der Waals surface area contributed by atoms with Gasteiger partial charge in [-0.05, 0) is 37.1 Å². The second kappa shape index (κ2) is 8.10. The summed E-state index contributed by atoms with van der Waals surface area (Å²) in [6.07, 6.45) is 3.65. The third-order valence-corrected chi connectivity index (χ3v) is 3.99. The van der Waals surface area contributed by atoms with Crippen molar-refractivity contribution in [2.24, 2.45) is 17.1 Å². The standard InChI is InChI=1S/C15H34N2/c1-7-14(8-2)17(10-13(4)5)12-15(6,9-3)11-16/h13-14H,7-12,16H2,1-6H3. The van der Waals surface area contributed by atoms with E-state index in [2.05, 4.69) is 46.4 Å². The molecule has 0 aliphatic rings. The van der Waals surface area contributed by atoms with Crippen molar-refractivity contribution in [3.05, 3.63) is 0 Å². The van der Waals surface area contributed by atoms with E-state index in [4.69, 9.17) is 5.73 Å². The Labute approximate surface area is 109 Å². The molecule has 17 heavy (non-hydrogen) atoms. The molecular weight excluding hydrogens is 208 g/mol. The predicted octanol–water partition coefficient (Wildman–Crippen LogP) is 3.51. The van der Waals surface area contributed by atoms with Gasteiger partial charge in [0.1, 0.15) is 0 Å². The minimum Gasteiger partial charge on any atom is -0.330 e. The van der Waals surface area contributed by atoms with Crippen molar-refractivity contribution >= 4 is 0 Å². The van der Waals surface area contributed by atoms with Crippen LogP contribution in [0.1, 0.15) is 60.8 Å². The molecule has 1 unspecified atom stereocenters. The molecule has 0 rings (SSSR count). The Kier molecular flexibility index (Phi) is 8.06. The molecule has 0 spiro atoms. The van der Waals surface area contributed by atoms with Crippen LogP contribution < -0.4 is 5.73 Å². The number of hydrogen-bond acceptors (Lipinski definition) is 2. The molecule has 0 radical (unpaired) electrons. The van der Waals surface area contributed by atoms with E-state index in [1.807, 2.05) is 0 Å². The van der Waals surface area contributed by atoms with Crippen LogP contribution in [0, 0.1) is 11.3 Å². The second-order valence-electron chi connectivity index (χ2n) is 6.16. The van der Waals surface area contributed by atoms with Crippen LogP contribution in [0.2, 0.25) is 0 Å². The lowest BCUT2D eigenvalue weighted by Crippen LogP contribution is -2.46. The predicted molar refractivity (Wildman–Crippen MR) is 78.2 cm³/mol. The fourth-order valence-corrected chi connectivity index (χ4v) is 2.43. The molecule has 0 heterocycles. The van der Waals surface area contributed by atoms with Crippen LogP contribution in [-0.4, -0.2) is 30.6 Å². The van der Waals surface area contributed by atoms with Crippen LogP contribution in [0.15, 0.2) is 0 Å². The Morgan fingerprint density at radius 1 is 1.12 bits per heavy atom. The molecule has 0 saturated carbocycles. The zero-order valence-electron chi connectivity index (χ0n) is 12.9. The van der Waals surface area contributed by atoms with Crippen LogP contribution in [0.4, 0.5) is 0 Å². The van der Waals surface area contributed by atoms with E-state index in [0.717, 1.165) is 31.5 Å². The lowest BCUT2D eigenvalue weighted by molar-refractivity contribution is 0.101. The molecule has 0 aliphatic carbocycles. The van der Waals surface area contributed by atoms with Gasteiger partial charge in [0.25, 0.3) is 0 Å². The Balaban J connectivity index is 4.67. The lowest BCUT2D eigenvalue weighted by atomic mass is 9.86. The van der Waals surface area contributed by atoms with E-state index in [-0.39, 0.29) is 5.41 Å². The van der Waals surface area contributed by atoms with Crippen molar-refractivity contribution in [3.8, 4) is 0 Å². The van der Waals surface area contributed by atoms with Crippen LogP contribution in [0.3, 0.4) is 0 Å². The zero-order valence-corrected chi connectivity index (χ0v) is 12.9. The maximum absolute atomic E-state index is 5.95. The van der Waals surface area contributed by atoms with Crippen molar-refractivity contribution in [2.45, 2.75) is 66.8 Å². The molecule has 0 saturated heterocycles. The fraction of sp³-hybridized carbons (Fsp3) is 1.00. The summed E-state index contributed by atoms with van der Waals surface area (Å²) >= 11 is 0. The molecule has 0 aromatic carbocycles. The van der Waals surface area contributed by atoms with Gasteiger partial charge in [-0.1, -0.05) is 41.5 Å². The minimum absolute atomic E-state index is 0.275. The zero-order chi connectivity index (χ0) is 13.5. The van der Waals surface area contributed by atoms with Gasteiger partial charge in [0.2, 0.25) is 0 Å². The van der Waals surface area contributed by atoms with E-state index in [1.165, 1.54) is 19.4 Å². The SMILES string of the molecule is CCC(CC)N(CC(C)C)CC(C)(CC)CN. The second-order valence-corrected chi connectivity index (χ2v) is 6.16. The van der Waals surface area contributed by atoms with Gasteiger partial charge in [0, 0.05) is 19.1 Å². The fourth-order valence-electron chi connectivity index (χ4n) is 2.43. The maximum Gasteiger partial charge on any atom is 0.00903 e. The summed E-state index contributed by atoms with van der Waals surface area (Å²) in [6.45, 7) is 16.9. The first-order chi connectivity index (χ1) is 7.92. The average molecular weight is 242 g/mol. The highest BCUT2D eigenvalue weighted by Crippen LogP contribution is 2.24. The average Bonchev–Trinajstić information content (AvgIpc) is 2.29. The van der Waals surface area contributed by atoms with Crippen LogP contribution >= 0.6 is 0 Å². The van der Waals surface area contributed by atoms with E-state index in [1.54, 1.807) is 0 Å². The molecule has 0 aromatic rings. The monoisotopic (exact) mass is 242 g/mol. The summed E-state index contributed by atoms with van der Waals surface area (Å²) in [5, 5.41) is 0. The van der Waals surface area contributed by atoms with Crippen LogP contribution in [-0.2, 0) is 0 Å². The minimum atomic E-state index is 0.275. The highest BCUT2D eigenvalue weighted by atomic mass is 15.2. The smallest absolute Gasteiger partial charge is 0.00903 e. The van der Waals surface area contributed by atoms with Gasteiger partial charge in [0.05, 0.1) is 0 Å². The molecule has 0 aliphatic heterocycles. The summed E-state index contributed by atoms with van der Waals surface area (Å²) in [7, 11) is 0. The molecule has 104 valence electrons. The summed E-state index contributed by atoms with van der Waals surface area (Å²) in [5.41, 5.74) is 6.23. The first kappa shape index (κ1) is 16.9. The van der Waals surface area contributed by atoms with E-state index < -0.39 is 0 Å². The maximum atomic E-state index is 5.95. The summed E-state index contributed by atoms with van der Waals surface area (Å²) in [4.78, 5) is 2.67. The summed E-state index contributed by atoms with van der Waals surface area (Å²) in [5.74, 6) is 0.731. The van der Waals surface area contributed by atoms with Gasteiger partial charge < -0.3 is 5.73 Å². The van der Waals surface area contributed by atoms with Crippen molar-refractivity contribution < 1.29 is 0 Å². The Hall–Kier alpha value is -0.0800. The van der Waals surface area contributed by atoms with Gasteiger partial charge in [0.15, 0.2) is 0 Å². The molecular formula is C15H34N2. The lowest BCUT2D eigenvalue weighted by Gasteiger charge is -2.39. The van der Waals surface area contributed by atoms with Gasteiger partial charge in [-0.25, -0.2) is 0 Å². The van der Waals surface area contributed by atoms with Gasteiger partial charge >= 0.3 is 0 Å².